The molecule has 12 nitrogen and oxygen atoms in total. The molecule has 0 amide bonds. The van der Waals surface area contributed by atoms with Crippen LogP contribution in [0, 0.1) is 13.8 Å². The third kappa shape index (κ3) is 12.1. The number of hydrogen-bond acceptors (Lipinski definition) is 10. The molecule has 0 fully saturated rings. The average Bonchev–Trinajstić information content (AvgIpc) is 3.07. The van der Waals surface area contributed by atoms with Crippen LogP contribution in [0.3, 0.4) is 0 Å². The van der Waals surface area contributed by atoms with Crippen molar-refractivity contribution in [1.29, 1.82) is 0 Å². The summed E-state index contributed by atoms with van der Waals surface area (Å²) < 4.78 is 55.9. The summed E-state index contributed by atoms with van der Waals surface area (Å²) >= 11 is 0. The summed E-state index contributed by atoms with van der Waals surface area (Å²) in [7, 11) is -7.37. The number of sulfonamides is 2. The van der Waals surface area contributed by atoms with Gasteiger partial charge in [-0.3, -0.25) is 9.59 Å². The molecule has 2 heterocycles. The Balaban J connectivity index is 0.000000347. The standard InChI is InChI=1S/2C18H18N2O4S.2ClH.Zn/c2*1-12-2-7-17-16(8-12)18(21)14(11-24-17)10-20-9-13-3-5-15(6-4-13)25(19,22)23;;;/h2*2-8,11,20H,9-10H2,1H3,(H2,19,22,23);2*1H;/q;;;;+2. The van der Waals surface area contributed by atoms with Crippen LogP contribution in [0.1, 0.15) is 33.4 Å². The van der Waals surface area contributed by atoms with Crippen LogP contribution >= 0.6 is 24.8 Å². The summed E-state index contributed by atoms with van der Waals surface area (Å²) in [4.78, 5) is 25.1. The van der Waals surface area contributed by atoms with E-state index >= 15 is 0 Å². The van der Waals surface area contributed by atoms with Crippen LogP contribution in [0.4, 0.5) is 0 Å². The molecule has 276 valence electrons. The Labute approximate surface area is 332 Å². The van der Waals surface area contributed by atoms with E-state index in [-0.39, 0.29) is 64.9 Å². The molecule has 0 saturated carbocycles. The zero-order valence-electron chi connectivity index (χ0n) is 28.8. The Hall–Kier alpha value is -3.76. The molecule has 6 aromatic rings. The summed E-state index contributed by atoms with van der Waals surface area (Å²) in [6.45, 7) is 5.52. The van der Waals surface area contributed by atoms with Crippen molar-refractivity contribution in [3.63, 3.8) is 0 Å². The monoisotopic (exact) mass is 852 g/mol. The maximum Gasteiger partial charge on any atom is 2.00 e. The molecule has 0 aliphatic carbocycles. The van der Waals surface area contributed by atoms with Crippen LogP contribution < -0.4 is 31.8 Å². The van der Waals surface area contributed by atoms with E-state index in [0.29, 0.717) is 59.2 Å². The normalized spacial score (nSPS) is 11.1. The number of primary sulfonamides is 2. The first-order valence-electron chi connectivity index (χ1n) is 15.4. The zero-order chi connectivity index (χ0) is 36.1. The van der Waals surface area contributed by atoms with Crippen LogP contribution in [0.2, 0.25) is 0 Å². The Kier molecular flexibility index (Phi) is 16.7. The Morgan fingerprint density at radius 2 is 0.887 bits per heavy atom. The summed E-state index contributed by atoms with van der Waals surface area (Å²) in [6, 6.07) is 23.6. The van der Waals surface area contributed by atoms with Gasteiger partial charge in [0.05, 0.1) is 33.1 Å². The van der Waals surface area contributed by atoms with Gasteiger partial charge in [-0.25, -0.2) is 27.1 Å². The largest absolute Gasteiger partial charge is 2.00 e. The van der Waals surface area contributed by atoms with E-state index in [4.69, 9.17) is 19.1 Å². The number of benzene rings is 4. The maximum atomic E-state index is 12.5. The van der Waals surface area contributed by atoms with E-state index in [1.165, 1.54) is 36.8 Å². The first-order chi connectivity index (χ1) is 23.7. The van der Waals surface area contributed by atoms with Crippen molar-refractivity contribution in [2.24, 2.45) is 10.3 Å². The quantitative estimate of drug-likeness (QED) is 0.137. The van der Waals surface area contributed by atoms with Crippen molar-refractivity contribution in [3.05, 3.63) is 151 Å². The first kappa shape index (κ1) is 45.4. The number of aryl methyl sites for hydroxylation is 2. The molecule has 0 radical (unpaired) electrons. The van der Waals surface area contributed by atoms with E-state index in [1.54, 1.807) is 36.4 Å². The minimum Gasteiger partial charge on any atom is -0.464 e. The van der Waals surface area contributed by atoms with Crippen LogP contribution in [0.5, 0.6) is 0 Å². The second-order valence-electron chi connectivity index (χ2n) is 11.8. The molecule has 17 heteroatoms. The summed E-state index contributed by atoms with van der Waals surface area (Å²) in [5.41, 5.74) is 5.87. The summed E-state index contributed by atoms with van der Waals surface area (Å²) in [5.74, 6) is 0. The molecule has 0 spiro atoms. The topological polar surface area (TPSA) is 205 Å². The van der Waals surface area contributed by atoms with Crippen molar-refractivity contribution in [2.75, 3.05) is 0 Å². The molecule has 6 rings (SSSR count). The minimum absolute atomic E-state index is 0. The van der Waals surface area contributed by atoms with Crippen molar-refractivity contribution >= 4 is 66.8 Å². The number of rotatable bonds is 10. The summed E-state index contributed by atoms with van der Waals surface area (Å²) in [5, 5.41) is 17.6. The van der Waals surface area contributed by atoms with Crippen molar-refractivity contribution < 1.29 is 45.1 Å². The van der Waals surface area contributed by atoms with Crippen molar-refractivity contribution in [3.8, 4) is 0 Å². The van der Waals surface area contributed by atoms with Gasteiger partial charge in [-0.2, -0.15) is 0 Å². The van der Waals surface area contributed by atoms with Crippen molar-refractivity contribution in [2.45, 2.75) is 49.8 Å². The first-order valence-corrected chi connectivity index (χ1v) is 18.5. The minimum atomic E-state index is -3.69. The molecule has 53 heavy (non-hydrogen) atoms. The van der Waals surface area contributed by atoms with Crippen LogP contribution in [0.15, 0.2) is 126 Å². The van der Waals surface area contributed by atoms with E-state index in [1.807, 2.05) is 38.1 Å². The van der Waals surface area contributed by atoms with E-state index in [0.717, 1.165) is 22.3 Å². The number of hydrogen-bond donors (Lipinski definition) is 4. The molecule has 0 aliphatic rings. The van der Waals surface area contributed by atoms with Gasteiger partial charge in [-0.15, -0.1) is 24.8 Å². The van der Waals surface area contributed by atoms with Gasteiger partial charge >= 0.3 is 19.5 Å². The second-order valence-corrected chi connectivity index (χ2v) is 14.9. The van der Waals surface area contributed by atoms with Gasteiger partial charge in [0.1, 0.15) is 11.2 Å². The van der Waals surface area contributed by atoms with E-state index < -0.39 is 20.0 Å². The van der Waals surface area contributed by atoms with Gasteiger partial charge in [0.2, 0.25) is 20.0 Å². The third-order valence-electron chi connectivity index (χ3n) is 7.79. The SMILES string of the molecule is Cc1ccc2occ(CNCc3ccc(S(N)(=O)=O)cc3)c(=O)c2c1.Cc1ccc2occ(CNCc3ccc(S(N)(=O)=O)cc3)c(=O)c2c1.Cl.Cl.[Zn+2]. The molecule has 0 unspecified atom stereocenters. The zero-order valence-corrected chi connectivity index (χ0v) is 35.1. The van der Waals surface area contributed by atoms with Gasteiger partial charge in [-0.05, 0) is 73.5 Å². The number of nitrogens with one attached hydrogen (secondary N) is 2. The second kappa shape index (κ2) is 19.5. The molecular weight excluding hydrogens is 817 g/mol. The van der Waals surface area contributed by atoms with Crippen LogP contribution in [-0.2, 0) is 65.7 Å². The Morgan fingerprint density at radius 1 is 0.547 bits per heavy atom. The smallest absolute Gasteiger partial charge is 0.464 e. The maximum absolute atomic E-state index is 12.5. The molecule has 0 saturated heterocycles. The molecule has 2 aromatic heterocycles. The Bertz CT molecular complexity index is 2340. The number of halogens is 2. The fourth-order valence-electron chi connectivity index (χ4n) is 5.09. The molecule has 6 N–H and O–H groups in total. The number of nitrogens with two attached hydrogens (primary N) is 2. The summed E-state index contributed by atoms with van der Waals surface area (Å²) in [6.07, 6.45) is 2.94. The van der Waals surface area contributed by atoms with E-state index in [2.05, 4.69) is 10.6 Å². The van der Waals surface area contributed by atoms with Crippen molar-refractivity contribution in [1.82, 2.24) is 10.6 Å². The third-order valence-corrected chi connectivity index (χ3v) is 9.65. The predicted molar refractivity (Wildman–Crippen MR) is 206 cm³/mol. The van der Waals surface area contributed by atoms with Gasteiger partial charge in [0, 0.05) is 37.3 Å². The van der Waals surface area contributed by atoms with Gasteiger partial charge in [0.15, 0.2) is 10.9 Å². The fourth-order valence-corrected chi connectivity index (χ4v) is 6.12. The van der Waals surface area contributed by atoms with Gasteiger partial charge < -0.3 is 19.5 Å². The Morgan fingerprint density at radius 3 is 1.21 bits per heavy atom. The molecule has 0 atom stereocenters. The molecule has 0 bridgehead atoms. The van der Waals surface area contributed by atoms with Gasteiger partial charge in [-0.1, -0.05) is 47.5 Å². The predicted octanol–water partition coefficient (Wildman–Crippen LogP) is 4.92. The van der Waals surface area contributed by atoms with Crippen LogP contribution in [-0.4, -0.2) is 16.8 Å². The molecule has 4 aromatic carbocycles. The fraction of sp³-hybridized carbons (Fsp3) is 0.167. The van der Waals surface area contributed by atoms with E-state index in [9.17, 15) is 26.4 Å². The molecular formula is C36H38Cl2N4O8S2Zn+2. The molecule has 0 aliphatic heterocycles. The average molecular weight is 855 g/mol. The van der Waals surface area contributed by atoms with Gasteiger partial charge in [0.25, 0.3) is 0 Å². The number of fused-ring (bicyclic) bond motifs is 2. The van der Waals surface area contributed by atoms with Crippen LogP contribution in [0.25, 0.3) is 21.9 Å².